The molecule has 2 heterocycles. The Bertz CT molecular complexity index is 723. The molecule has 3 N–H and O–H groups in total. The number of alkyl halides is 3. The number of carbonyl (C=O) groups is 1. The highest BCUT2D eigenvalue weighted by atomic mass is 19.4. The Balaban J connectivity index is 0.000000256. The maximum atomic E-state index is 13.6. The third kappa shape index (κ3) is 3.94. The molecule has 0 bridgehead atoms. The van der Waals surface area contributed by atoms with Crippen LogP contribution in [0.4, 0.5) is 27.6 Å². The van der Waals surface area contributed by atoms with E-state index in [4.69, 9.17) is 9.90 Å². The maximum absolute atomic E-state index is 13.6. The third-order valence-corrected chi connectivity index (χ3v) is 3.41. The van der Waals surface area contributed by atoms with Crippen molar-refractivity contribution < 1.29 is 31.9 Å². The van der Waals surface area contributed by atoms with Gasteiger partial charge in [-0.3, -0.25) is 0 Å². The van der Waals surface area contributed by atoms with Gasteiger partial charge in [-0.2, -0.15) is 13.2 Å². The number of halogens is 5. The smallest absolute Gasteiger partial charge is 0.475 e. The van der Waals surface area contributed by atoms with E-state index in [1.807, 2.05) is 0 Å². The molecule has 0 spiro atoms. The van der Waals surface area contributed by atoms with Crippen molar-refractivity contribution >= 4 is 22.6 Å². The Kier molecular flexibility index (Phi) is 5.27. The van der Waals surface area contributed by atoms with Crippen molar-refractivity contribution in [2.75, 3.05) is 31.1 Å². The summed E-state index contributed by atoms with van der Waals surface area (Å²) in [4.78, 5) is 13.9. The highest BCUT2D eigenvalue weighted by molar-refractivity contribution is 5.92. The summed E-state index contributed by atoms with van der Waals surface area (Å²) in [5, 5.41) is 10.7. The van der Waals surface area contributed by atoms with Crippen molar-refractivity contribution in [2.24, 2.45) is 0 Å². The third-order valence-electron chi connectivity index (χ3n) is 3.41. The van der Waals surface area contributed by atoms with E-state index in [0.29, 0.717) is 10.9 Å². The molecule has 0 saturated carbocycles. The molecule has 1 aromatic heterocycles. The molecular formula is C14H14F5N3O2. The number of hydrogen-bond acceptors (Lipinski definition) is 3. The van der Waals surface area contributed by atoms with Crippen molar-refractivity contribution in [3.05, 3.63) is 30.0 Å². The number of anilines is 1. The zero-order valence-electron chi connectivity index (χ0n) is 12.3. The molecule has 1 aliphatic rings. The number of nitrogens with zero attached hydrogens (tertiary/aromatic N) is 1. The second kappa shape index (κ2) is 7.04. The van der Waals surface area contributed by atoms with Gasteiger partial charge in [0, 0.05) is 43.8 Å². The fraction of sp³-hybridized carbons (Fsp3) is 0.357. The number of piperazine rings is 1. The van der Waals surface area contributed by atoms with Crippen LogP contribution >= 0.6 is 0 Å². The number of rotatable bonds is 1. The largest absolute Gasteiger partial charge is 0.490 e. The van der Waals surface area contributed by atoms with Gasteiger partial charge in [0.25, 0.3) is 0 Å². The highest BCUT2D eigenvalue weighted by Crippen LogP contribution is 2.30. The van der Waals surface area contributed by atoms with E-state index in [2.05, 4.69) is 15.2 Å². The molecule has 0 amide bonds. The van der Waals surface area contributed by atoms with Crippen LogP contribution in [0, 0.1) is 11.6 Å². The minimum Gasteiger partial charge on any atom is -0.475 e. The number of carboxylic acid groups (broad SMARTS) is 1. The van der Waals surface area contributed by atoms with Gasteiger partial charge in [-0.1, -0.05) is 0 Å². The molecule has 10 heteroatoms. The number of aromatic nitrogens is 1. The molecule has 1 saturated heterocycles. The number of carboxylic acids is 1. The van der Waals surface area contributed by atoms with Crippen molar-refractivity contribution in [3.8, 4) is 0 Å². The summed E-state index contributed by atoms with van der Waals surface area (Å²) in [6.45, 7) is 3.33. The van der Waals surface area contributed by atoms with Crippen LogP contribution in [-0.2, 0) is 4.79 Å². The van der Waals surface area contributed by atoms with E-state index in [1.165, 1.54) is 6.07 Å². The number of benzene rings is 1. The van der Waals surface area contributed by atoms with Gasteiger partial charge in [0.05, 0.1) is 11.2 Å². The molecule has 5 nitrogen and oxygen atoms in total. The quantitative estimate of drug-likeness (QED) is 0.691. The first-order chi connectivity index (χ1) is 11.2. The van der Waals surface area contributed by atoms with Crippen LogP contribution < -0.4 is 10.2 Å². The van der Waals surface area contributed by atoms with E-state index in [0.717, 1.165) is 31.9 Å². The van der Waals surface area contributed by atoms with E-state index in [9.17, 15) is 22.0 Å². The molecular weight excluding hydrogens is 337 g/mol. The van der Waals surface area contributed by atoms with Crippen LogP contribution in [0.1, 0.15) is 0 Å². The lowest BCUT2D eigenvalue weighted by Crippen LogP contribution is -2.43. The normalized spacial score (nSPS) is 15.1. The first kappa shape index (κ1) is 18.0. The molecule has 0 radical (unpaired) electrons. The number of H-pyrrole nitrogens is 1. The maximum Gasteiger partial charge on any atom is 0.490 e. The summed E-state index contributed by atoms with van der Waals surface area (Å²) in [7, 11) is 0. The molecule has 1 aromatic carbocycles. The Morgan fingerprint density at radius 2 is 1.79 bits per heavy atom. The predicted molar refractivity (Wildman–Crippen MR) is 77.0 cm³/mol. The molecule has 2 aromatic rings. The SMILES string of the molecule is Fc1cc(N2CCNCC2)c2[nH]ccc2c1F.O=C(O)C(F)(F)F. The Labute approximate surface area is 133 Å². The van der Waals surface area contributed by atoms with E-state index < -0.39 is 23.8 Å². The average Bonchev–Trinajstić information content (AvgIpc) is 3.01. The van der Waals surface area contributed by atoms with Crippen LogP contribution in [-0.4, -0.2) is 48.4 Å². The lowest BCUT2D eigenvalue weighted by molar-refractivity contribution is -0.192. The molecule has 1 fully saturated rings. The summed E-state index contributed by atoms with van der Waals surface area (Å²) in [6, 6.07) is 2.85. The predicted octanol–water partition coefficient (Wildman–Crippen LogP) is 2.49. The van der Waals surface area contributed by atoms with E-state index in [1.54, 1.807) is 12.3 Å². The highest BCUT2D eigenvalue weighted by Gasteiger charge is 2.38. The van der Waals surface area contributed by atoms with E-state index in [-0.39, 0.29) is 0 Å². The minimum absolute atomic E-state index is 0.318. The lowest BCUT2D eigenvalue weighted by Gasteiger charge is -2.30. The first-order valence-corrected chi connectivity index (χ1v) is 6.92. The van der Waals surface area contributed by atoms with Gasteiger partial charge in [-0.15, -0.1) is 0 Å². The summed E-state index contributed by atoms with van der Waals surface area (Å²) in [6.07, 6.45) is -3.45. The van der Waals surface area contributed by atoms with Crippen molar-refractivity contribution in [1.82, 2.24) is 10.3 Å². The van der Waals surface area contributed by atoms with Gasteiger partial charge >= 0.3 is 12.1 Å². The van der Waals surface area contributed by atoms with E-state index >= 15 is 0 Å². The minimum atomic E-state index is -5.08. The van der Waals surface area contributed by atoms with Crippen molar-refractivity contribution in [3.63, 3.8) is 0 Å². The van der Waals surface area contributed by atoms with Gasteiger partial charge in [-0.25, -0.2) is 13.6 Å². The van der Waals surface area contributed by atoms with Gasteiger partial charge in [-0.05, 0) is 6.07 Å². The summed E-state index contributed by atoms with van der Waals surface area (Å²) in [5.74, 6) is -4.32. The second-order valence-electron chi connectivity index (χ2n) is 5.00. The molecule has 3 rings (SSSR count). The molecule has 0 atom stereocenters. The molecule has 1 aliphatic heterocycles. The number of aliphatic carboxylic acids is 1. The fourth-order valence-electron chi connectivity index (χ4n) is 2.30. The number of aromatic amines is 1. The Hall–Kier alpha value is -2.36. The van der Waals surface area contributed by atoms with Gasteiger partial charge in [0.1, 0.15) is 0 Å². The summed E-state index contributed by atoms with van der Waals surface area (Å²) >= 11 is 0. The zero-order valence-corrected chi connectivity index (χ0v) is 12.3. The van der Waals surface area contributed by atoms with Crippen molar-refractivity contribution in [1.29, 1.82) is 0 Å². The molecule has 24 heavy (non-hydrogen) atoms. The van der Waals surface area contributed by atoms with Gasteiger partial charge in [0.2, 0.25) is 0 Å². The van der Waals surface area contributed by atoms with Crippen LogP contribution in [0.2, 0.25) is 0 Å². The van der Waals surface area contributed by atoms with Gasteiger partial charge in [0.15, 0.2) is 11.6 Å². The average molecular weight is 351 g/mol. The first-order valence-electron chi connectivity index (χ1n) is 6.92. The molecule has 0 unspecified atom stereocenters. The monoisotopic (exact) mass is 351 g/mol. The van der Waals surface area contributed by atoms with Crippen LogP contribution in [0.3, 0.4) is 0 Å². The van der Waals surface area contributed by atoms with Crippen molar-refractivity contribution in [2.45, 2.75) is 6.18 Å². The molecule has 132 valence electrons. The molecule has 0 aliphatic carbocycles. The van der Waals surface area contributed by atoms with Crippen LogP contribution in [0.5, 0.6) is 0 Å². The van der Waals surface area contributed by atoms with Crippen LogP contribution in [0.25, 0.3) is 10.9 Å². The topological polar surface area (TPSA) is 68.4 Å². The Morgan fingerprint density at radius 1 is 1.21 bits per heavy atom. The standard InChI is InChI=1S/C12H13F2N3.C2HF3O2/c13-9-7-10(17-5-3-15-4-6-17)12-8(11(9)14)1-2-16-12;3-2(4,5)1(6)7/h1-2,7,15-16H,3-6H2;(H,6,7). The second-order valence-corrected chi connectivity index (χ2v) is 5.00. The van der Waals surface area contributed by atoms with Crippen LogP contribution in [0.15, 0.2) is 18.3 Å². The number of nitrogens with one attached hydrogen (secondary N) is 2. The van der Waals surface area contributed by atoms with Gasteiger partial charge < -0.3 is 20.3 Å². The fourth-order valence-corrected chi connectivity index (χ4v) is 2.30. The number of hydrogen-bond donors (Lipinski definition) is 3. The summed E-state index contributed by atoms with van der Waals surface area (Å²) < 4.78 is 58.8. The lowest BCUT2D eigenvalue weighted by atomic mass is 10.1. The zero-order chi connectivity index (χ0) is 17.9. The Morgan fingerprint density at radius 3 is 2.33 bits per heavy atom. The summed E-state index contributed by atoms with van der Waals surface area (Å²) in [5.41, 5.74) is 1.41. The number of fused-ring (bicyclic) bond motifs is 1.